The molecule has 3 atom stereocenters. The molecule has 1 unspecified atom stereocenters. The summed E-state index contributed by atoms with van der Waals surface area (Å²) in [6, 6.07) is 1.77. The number of nitrogens with one attached hydrogen (secondary N) is 1. The first kappa shape index (κ1) is 17.3. The first-order chi connectivity index (χ1) is 10.3. The molecule has 0 aromatic carbocycles. The van der Waals surface area contributed by atoms with Crippen molar-refractivity contribution in [3.05, 3.63) is 18.5 Å². The van der Waals surface area contributed by atoms with Crippen LogP contribution < -0.4 is 15.8 Å². The Balaban J connectivity index is 0.000000287. The molecule has 2 rings (SSSR count). The Hall–Kier alpha value is -2.71. The summed E-state index contributed by atoms with van der Waals surface area (Å²) < 4.78 is 0. The Bertz CT molecular complexity index is 482. The second kappa shape index (κ2) is 7.91. The lowest BCUT2D eigenvalue weighted by Crippen LogP contribution is -2.40. The van der Waals surface area contributed by atoms with Gasteiger partial charge in [0.1, 0.15) is 6.20 Å². The van der Waals surface area contributed by atoms with E-state index in [1.54, 1.807) is 18.5 Å². The van der Waals surface area contributed by atoms with E-state index in [0.29, 0.717) is 5.95 Å². The summed E-state index contributed by atoms with van der Waals surface area (Å²) in [5.74, 6) is -5.99. The molecule has 22 heavy (non-hydrogen) atoms. The average Bonchev–Trinajstić information content (AvgIpc) is 2.48. The van der Waals surface area contributed by atoms with Gasteiger partial charge in [0.25, 0.3) is 0 Å². The number of rotatable bonds is 3. The zero-order valence-electron chi connectivity index (χ0n) is 11.6. The lowest BCUT2D eigenvalue weighted by molar-refractivity contribution is -0.364. The maximum atomic E-state index is 10.7. The number of hydrogen-bond donors (Lipinski definition) is 3. The van der Waals surface area contributed by atoms with Gasteiger partial charge in [-0.3, -0.25) is 15.3 Å². The number of carbonyl (C=O) groups excluding carboxylic acids is 1. The van der Waals surface area contributed by atoms with Crippen LogP contribution in [0.1, 0.15) is 19.3 Å². The summed E-state index contributed by atoms with van der Waals surface area (Å²) in [4.78, 5) is 38.4. The van der Waals surface area contributed by atoms with Crippen molar-refractivity contribution in [2.24, 2.45) is 17.8 Å². The second-order valence-corrected chi connectivity index (χ2v) is 4.96. The molecule has 1 aromatic heterocycles. The second-order valence-electron chi connectivity index (χ2n) is 4.96. The lowest BCUT2D eigenvalue weighted by Gasteiger charge is -2.31. The minimum atomic E-state index is -1.37. The van der Waals surface area contributed by atoms with E-state index < -0.39 is 35.7 Å². The molecule has 1 saturated carbocycles. The van der Waals surface area contributed by atoms with Gasteiger partial charge in [-0.25, -0.2) is 4.98 Å². The maximum Gasteiger partial charge on any atom is 0.386 e. The van der Waals surface area contributed by atoms with Crippen LogP contribution in [0.25, 0.3) is 0 Å². The molecule has 1 aliphatic rings. The van der Waals surface area contributed by atoms with Crippen molar-refractivity contribution in [2.45, 2.75) is 19.3 Å². The lowest BCUT2D eigenvalue weighted by atomic mass is 9.75. The fourth-order valence-electron chi connectivity index (χ4n) is 2.25. The number of carboxylic acid groups (broad SMARTS) is 3. The molecule has 0 radical (unpaired) electrons. The number of carboxylic acids is 3. The van der Waals surface area contributed by atoms with E-state index in [2.05, 4.69) is 9.97 Å². The number of carbonyl (C=O) groups is 3. The highest BCUT2D eigenvalue weighted by Crippen LogP contribution is 2.33. The quantitative estimate of drug-likeness (QED) is 0.600. The van der Waals surface area contributed by atoms with Gasteiger partial charge in [-0.05, 0) is 19.3 Å². The molecule has 0 bridgehead atoms. The fourth-order valence-corrected chi connectivity index (χ4v) is 2.25. The molecule has 1 aliphatic carbocycles. The normalized spacial score (nSPS) is 23.7. The van der Waals surface area contributed by atoms with Crippen LogP contribution >= 0.6 is 0 Å². The van der Waals surface area contributed by atoms with Gasteiger partial charge in [0.05, 0.1) is 18.0 Å². The van der Waals surface area contributed by atoms with Gasteiger partial charge < -0.3 is 20.1 Å². The largest absolute Gasteiger partial charge is 0.550 e. The molecule has 1 fully saturated rings. The Morgan fingerprint density at radius 2 is 1.64 bits per heavy atom. The van der Waals surface area contributed by atoms with Crippen molar-refractivity contribution >= 4 is 23.9 Å². The number of nitrogens with zero attached hydrogens (tertiary/aromatic N) is 1. The molecule has 9 nitrogen and oxygen atoms in total. The van der Waals surface area contributed by atoms with Gasteiger partial charge in [0.15, 0.2) is 0 Å². The fraction of sp³-hybridized carbons (Fsp3) is 0.462. The Morgan fingerprint density at radius 3 is 1.91 bits per heavy atom. The predicted molar refractivity (Wildman–Crippen MR) is 69.8 cm³/mol. The molecular formula is C13H17N3O6. The van der Waals surface area contributed by atoms with Crippen molar-refractivity contribution in [2.75, 3.05) is 5.73 Å². The Labute approximate surface area is 125 Å². The molecule has 120 valence electrons. The molecule has 0 aliphatic heterocycles. The van der Waals surface area contributed by atoms with E-state index in [-0.39, 0.29) is 19.3 Å². The highest BCUT2D eigenvalue weighted by molar-refractivity contribution is 5.77. The summed E-state index contributed by atoms with van der Waals surface area (Å²) in [7, 11) is 0. The van der Waals surface area contributed by atoms with E-state index >= 15 is 0 Å². The van der Waals surface area contributed by atoms with Crippen LogP contribution in [0.3, 0.4) is 0 Å². The number of nitrogen functional groups attached to an aromatic ring is 1. The summed E-state index contributed by atoms with van der Waals surface area (Å²) in [5, 5.41) is 28.1. The van der Waals surface area contributed by atoms with Crippen molar-refractivity contribution < 1.29 is 34.7 Å². The molecule has 0 saturated heterocycles. The standard InChI is InChI=1S/C9H12O6.C4H5N3/c10-7(11)4-1-5(8(12)13)3-6(2-4)9(14)15;5-4-6-2-1-3-7-4/h4-6H,1-3H2,(H,10,11)(H,12,13)(H,14,15);1-3H,(H2,5,6,7). The van der Waals surface area contributed by atoms with Gasteiger partial charge in [-0.15, -0.1) is 0 Å². The number of hydrogen-bond acceptors (Lipinski definition) is 6. The van der Waals surface area contributed by atoms with Crippen LogP contribution in [0.2, 0.25) is 0 Å². The van der Waals surface area contributed by atoms with Crippen LogP contribution in [-0.4, -0.2) is 33.1 Å². The maximum absolute atomic E-state index is 10.7. The first-order valence-electron chi connectivity index (χ1n) is 6.56. The van der Waals surface area contributed by atoms with E-state index in [1.165, 1.54) is 0 Å². The van der Waals surface area contributed by atoms with Gasteiger partial charge >= 0.3 is 17.9 Å². The average molecular weight is 311 g/mol. The van der Waals surface area contributed by atoms with E-state index in [0.717, 1.165) is 0 Å². The zero-order chi connectivity index (χ0) is 16.7. The van der Waals surface area contributed by atoms with Crippen molar-refractivity contribution in [1.82, 2.24) is 4.98 Å². The van der Waals surface area contributed by atoms with Gasteiger partial charge in [-0.1, -0.05) is 4.98 Å². The predicted octanol–water partition coefficient (Wildman–Crippen LogP) is -1.58. The number of aliphatic carboxylic acids is 3. The third-order valence-corrected chi connectivity index (χ3v) is 3.37. The van der Waals surface area contributed by atoms with Crippen LogP contribution in [-0.2, 0) is 14.4 Å². The Morgan fingerprint density at radius 1 is 1.14 bits per heavy atom. The van der Waals surface area contributed by atoms with E-state index in [9.17, 15) is 19.5 Å². The van der Waals surface area contributed by atoms with Gasteiger partial charge in [0.2, 0.25) is 0 Å². The monoisotopic (exact) mass is 311 g/mol. The first-order valence-corrected chi connectivity index (χ1v) is 6.56. The van der Waals surface area contributed by atoms with Gasteiger partial charge in [-0.2, -0.15) is 0 Å². The molecule has 1 heterocycles. The molecule has 5 N–H and O–H groups in total. The number of aromatic amines is 1. The molecule has 9 heteroatoms. The molecular weight excluding hydrogens is 294 g/mol. The SMILES string of the molecule is Nc1nccc[nH+]1.O=C([O-])C1C[C@@H](C(=O)O)C[C@@H](C(=O)O)C1. The Kier molecular flexibility index (Phi) is 6.24. The summed E-state index contributed by atoms with van der Waals surface area (Å²) in [5.41, 5.74) is 5.19. The smallest absolute Gasteiger partial charge is 0.386 e. The van der Waals surface area contributed by atoms with Crippen LogP contribution in [0.4, 0.5) is 5.95 Å². The number of aromatic nitrogens is 2. The minimum Gasteiger partial charge on any atom is -0.550 e. The minimum absolute atomic E-state index is 0.00551. The summed E-state index contributed by atoms with van der Waals surface area (Å²) >= 11 is 0. The third-order valence-electron chi connectivity index (χ3n) is 3.37. The topological polar surface area (TPSA) is 168 Å². The van der Waals surface area contributed by atoms with E-state index in [4.69, 9.17) is 15.9 Å². The van der Waals surface area contributed by atoms with Crippen molar-refractivity contribution in [1.29, 1.82) is 0 Å². The molecule has 1 aromatic rings. The number of anilines is 1. The van der Waals surface area contributed by atoms with E-state index in [1.807, 2.05) is 0 Å². The number of H-pyrrole nitrogens is 1. The van der Waals surface area contributed by atoms with Crippen molar-refractivity contribution in [3.63, 3.8) is 0 Å². The molecule has 0 amide bonds. The van der Waals surface area contributed by atoms with Crippen LogP contribution in [0.5, 0.6) is 0 Å². The highest BCUT2D eigenvalue weighted by atomic mass is 16.4. The van der Waals surface area contributed by atoms with Crippen LogP contribution in [0, 0.1) is 17.8 Å². The third kappa shape index (κ3) is 5.35. The number of nitrogens with two attached hydrogens (primary N) is 1. The zero-order valence-corrected chi connectivity index (χ0v) is 11.6. The summed E-state index contributed by atoms with van der Waals surface area (Å²) in [6.07, 6.45) is 3.27. The highest BCUT2D eigenvalue weighted by Gasteiger charge is 2.36. The van der Waals surface area contributed by atoms with Crippen molar-refractivity contribution in [3.8, 4) is 0 Å². The molecule has 0 spiro atoms. The van der Waals surface area contributed by atoms with Gasteiger partial charge in [0, 0.05) is 18.0 Å². The van der Waals surface area contributed by atoms with Crippen LogP contribution in [0.15, 0.2) is 18.5 Å². The summed E-state index contributed by atoms with van der Waals surface area (Å²) in [6.45, 7) is 0.